The molecule has 19 heavy (non-hydrogen) atoms. The average molecular weight is 265 g/mol. The summed E-state index contributed by atoms with van der Waals surface area (Å²) in [6.45, 7) is 1.86. The second-order valence-electron chi connectivity index (χ2n) is 5.27. The van der Waals surface area contributed by atoms with E-state index in [9.17, 15) is 9.18 Å². The highest BCUT2D eigenvalue weighted by molar-refractivity contribution is 6.05. The van der Waals surface area contributed by atoms with Gasteiger partial charge in [-0.05, 0) is 19.8 Å². The van der Waals surface area contributed by atoms with Gasteiger partial charge in [0.1, 0.15) is 11.5 Å². The second kappa shape index (κ2) is 5.55. The Morgan fingerprint density at radius 1 is 1.47 bits per heavy atom. The molecule has 0 aliphatic heterocycles. The van der Waals surface area contributed by atoms with Crippen LogP contribution in [0.1, 0.15) is 48.0 Å². The summed E-state index contributed by atoms with van der Waals surface area (Å²) in [4.78, 5) is 17.8. The molecule has 1 aromatic heterocycles. The largest absolute Gasteiger partial charge is 0.381 e. The fourth-order valence-corrected chi connectivity index (χ4v) is 2.65. The van der Waals surface area contributed by atoms with Crippen LogP contribution in [0.3, 0.4) is 0 Å². The Hall–Kier alpha value is -1.65. The molecule has 1 heterocycles. The molecule has 0 radical (unpaired) electrons. The first-order valence-corrected chi connectivity index (χ1v) is 6.63. The lowest BCUT2D eigenvalue weighted by molar-refractivity contribution is 0.0990. The van der Waals surface area contributed by atoms with Crippen LogP contribution in [0.25, 0.3) is 0 Å². The van der Waals surface area contributed by atoms with Crippen molar-refractivity contribution in [1.29, 1.82) is 0 Å². The number of carbonyl (C=O) groups is 1. The molecule has 0 bridgehead atoms. The molecule has 1 saturated carbocycles. The lowest BCUT2D eigenvalue weighted by Gasteiger charge is -2.16. The topological polar surface area (TPSA) is 38.1 Å². The summed E-state index contributed by atoms with van der Waals surface area (Å²) in [5, 5.41) is 0. The van der Waals surface area contributed by atoms with Crippen molar-refractivity contribution in [2.45, 2.75) is 38.6 Å². The van der Waals surface area contributed by atoms with Crippen LogP contribution in [0, 0.1) is 6.92 Å². The van der Waals surface area contributed by atoms with Crippen LogP contribution < -0.4 is 0 Å². The van der Waals surface area contributed by atoms with Gasteiger partial charge in [0.05, 0.1) is 6.20 Å². The molecule has 1 aromatic rings. The summed E-state index contributed by atoms with van der Waals surface area (Å²) in [6, 6.07) is 0.286. The zero-order valence-corrected chi connectivity index (χ0v) is 11.7. The van der Waals surface area contributed by atoms with Gasteiger partial charge in [0.2, 0.25) is 5.78 Å². The number of allylic oxidation sites excluding steroid dienone is 1. The van der Waals surface area contributed by atoms with E-state index in [-0.39, 0.29) is 6.04 Å². The zero-order chi connectivity index (χ0) is 14.0. The fraction of sp³-hybridized carbons (Fsp3) is 0.571. The third kappa shape index (κ3) is 2.85. The molecule has 5 heteroatoms. The quantitative estimate of drug-likeness (QED) is 0.620. The van der Waals surface area contributed by atoms with E-state index in [0.29, 0.717) is 5.69 Å². The van der Waals surface area contributed by atoms with Gasteiger partial charge in [-0.2, -0.15) is 0 Å². The van der Waals surface area contributed by atoms with Gasteiger partial charge in [-0.1, -0.05) is 12.8 Å². The zero-order valence-electron chi connectivity index (χ0n) is 11.7. The average Bonchev–Trinajstić information content (AvgIpc) is 2.95. The van der Waals surface area contributed by atoms with E-state index in [4.69, 9.17) is 0 Å². The fourth-order valence-electron chi connectivity index (χ4n) is 2.65. The predicted molar refractivity (Wildman–Crippen MR) is 71.7 cm³/mol. The predicted octanol–water partition coefficient (Wildman–Crippen LogP) is 2.86. The minimum Gasteiger partial charge on any atom is -0.381 e. The third-order valence-corrected chi connectivity index (χ3v) is 3.49. The van der Waals surface area contributed by atoms with Gasteiger partial charge < -0.3 is 9.47 Å². The van der Waals surface area contributed by atoms with Crippen molar-refractivity contribution in [3.8, 4) is 0 Å². The SMILES string of the molecule is Cc1ncc(C(=O)C(F)=CN(C)C)n1C1CCCC1. The number of carbonyl (C=O) groups excluding carboxylic acids is 1. The Balaban J connectivity index is 2.32. The first-order chi connectivity index (χ1) is 9.00. The number of aryl methyl sites for hydroxylation is 1. The van der Waals surface area contributed by atoms with E-state index in [1.54, 1.807) is 14.1 Å². The molecule has 1 aliphatic rings. The molecular formula is C14H20FN3O. The number of rotatable bonds is 4. The number of nitrogens with zero attached hydrogens (tertiary/aromatic N) is 3. The van der Waals surface area contributed by atoms with Crippen molar-refractivity contribution in [1.82, 2.24) is 14.5 Å². The van der Waals surface area contributed by atoms with Gasteiger partial charge in [0.15, 0.2) is 5.83 Å². The molecule has 1 aliphatic carbocycles. The Labute approximate surface area is 112 Å². The number of imidazole rings is 1. The molecule has 0 spiro atoms. The maximum absolute atomic E-state index is 13.8. The third-order valence-electron chi connectivity index (χ3n) is 3.49. The van der Waals surface area contributed by atoms with E-state index in [2.05, 4.69) is 4.98 Å². The van der Waals surface area contributed by atoms with Crippen LogP contribution in [0.5, 0.6) is 0 Å². The molecule has 0 amide bonds. The first-order valence-electron chi connectivity index (χ1n) is 6.63. The normalized spacial score (nSPS) is 16.9. The molecule has 104 valence electrons. The summed E-state index contributed by atoms with van der Waals surface area (Å²) in [5.74, 6) is -0.543. The molecular weight excluding hydrogens is 245 g/mol. The number of Topliss-reactive ketones (excluding diaryl/α,β-unsaturated/α-hetero) is 1. The smallest absolute Gasteiger partial charge is 0.240 e. The molecule has 1 fully saturated rings. The van der Waals surface area contributed by atoms with Crippen molar-refractivity contribution < 1.29 is 9.18 Å². The summed E-state index contributed by atoms with van der Waals surface area (Å²) < 4.78 is 15.7. The lowest BCUT2D eigenvalue weighted by Crippen LogP contribution is -2.16. The molecule has 0 atom stereocenters. The number of ketones is 1. The standard InChI is InChI=1S/C14H20FN3O/c1-10-16-8-13(14(19)12(15)9-17(2)3)18(10)11-6-4-5-7-11/h8-9,11H,4-7H2,1-3H3. The Morgan fingerprint density at radius 3 is 2.68 bits per heavy atom. The maximum Gasteiger partial charge on any atom is 0.240 e. The minimum absolute atomic E-state index is 0.286. The van der Waals surface area contributed by atoms with E-state index in [0.717, 1.165) is 31.5 Å². The van der Waals surface area contributed by atoms with Crippen LogP contribution in [0.2, 0.25) is 0 Å². The number of aromatic nitrogens is 2. The van der Waals surface area contributed by atoms with E-state index >= 15 is 0 Å². The molecule has 0 unspecified atom stereocenters. The van der Waals surface area contributed by atoms with Crippen LogP contribution in [-0.4, -0.2) is 34.3 Å². The summed E-state index contributed by atoms with van der Waals surface area (Å²) in [6.07, 6.45) is 7.08. The number of halogens is 1. The minimum atomic E-state index is -0.746. The number of hydrogen-bond acceptors (Lipinski definition) is 3. The first kappa shape index (κ1) is 13.8. The number of hydrogen-bond donors (Lipinski definition) is 0. The van der Waals surface area contributed by atoms with Gasteiger partial charge in [0, 0.05) is 26.3 Å². The van der Waals surface area contributed by atoms with Crippen LogP contribution in [0.4, 0.5) is 4.39 Å². The van der Waals surface area contributed by atoms with Crippen LogP contribution in [-0.2, 0) is 0 Å². The highest BCUT2D eigenvalue weighted by Crippen LogP contribution is 2.32. The van der Waals surface area contributed by atoms with Crippen molar-refractivity contribution in [3.63, 3.8) is 0 Å². The molecule has 0 N–H and O–H groups in total. The highest BCUT2D eigenvalue weighted by atomic mass is 19.1. The Bertz CT molecular complexity index is 499. The summed E-state index contributed by atoms with van der Waals surface area (Å²) in [5.41, 5.74) is 0.361. The van der Waals surface area contributed by atoms with E-state index in [1.807, 2.05) is 11.5 Å². The van der Waals surface area contributed by atoms with Gasteiger partial charge in [-0.3, -0.25) is 4.79 Å². The van der Waals surface area contributed by atoms with E-state index < -0.39 is 11.6 Å². The van der Waals surface area contributed by atoms with Crippen LogP contribution >= 0.6 is 0 Å². The summed E-state index contributed by atoms with van der Waals surface area (Å²) in [7, 11) is 3.37. The van der Waals surface area contributed by atoms with Crippen LogP contribution in [0.15, 0.2) is 18.2 Å². The van der Waals surface area contributed by atoms with Crippen molar-refractivity contribution in [2.75, 3.05) is 14.1 Å². The monoisotopic (exact) mass is 265 g/mol. The molecule has 4 nitrogen and oxygen atoms in total. The summed E-state index contributed by atoms with van der Waals surface area (Å²) >= 11 is 0. The van der Waals surface area contributed by atoms with Crippen molar-refractivity contribution in [2.24, 2.45) is 0 Å². The Morgan fingerprint density at radius 2 is 2.11 bits per heavy atom. The second-order valence-corrected chi connectivity index (χ2v) is 5.27. The molecule has 2 rings (SSSR count). The van der Waals surface area contributed by atoms with Gasteiger partial charge in [-0.25, -0.2) is 9.37 Å². The van der Waals surface area contributed by atoms with Gasteiger partial charge in [-0.15, -0.1) is 0 Å². The van der Waals surface area contributed by atoms with E-state index in [1.165, 1.54) is 17.3 Å². The Kier molecular flexibility index (Phi) is 4.02. The maximum atomic E-state index is 13.8. The lowest BCUT2D eigenvalue weighted by atomic mass is 10.2. The highest BCUT2D eigenvalue weighted by Gasteiger charge is 2.25. The van der Waals surface area contributed by atoms with Crippen molar-refractivity contribution in [3.05, 3.63) is 29.7 Å². The van der Waals surface area contributed by atoms with Crippen molar-refractivity contribution >= 4 is 5.78 Å². The molecule has 0 aromatic carbocycles. The molecule has 0 saturated heterocycles. The van der Waals surface area contributed by atoms with Gasteiger partial charge in [0.25, 0.3) is 0 Å². The van der Waals surface area contributed by atoms with Gasteiger partial charge >= 0.3 is 0 Å².